The van der Waals surface area contributed by atoms with Crippen LogP contribution < -0.4 is 10.2 Å². The topological polar surface area (TPSA) is 35.5 Å². The van der Waals surface area contributed by atoms with Gasteiger partial charge in [-0.2, -0.15) is 0 Å². The molecule has 2 rings (SSSR count). The molecular formula is C17H28N2O. The molecule has 3 nitrogen and oxygen atoms in total. The van der Waals surface area contributed by atoms with Crippen LogP contribution in [0, 0.1) is 5.92 Å². The Balaban J connectivity index is 1.91. The van der Waals surface area contributed by atoms with E-state index in [1.165, 1.54) is 24.1 Å². The van der Waals surface area contributed by atoms with E-state index < -0.39 is 0 Å². The summed E-state index contributed by atoms with van der Waals surface area (Å²) < 4.78 is 0. The van der Waals surface area contributed by atoms with E-state index in [-0.39, 0.29) is 0 Å². The minimum Gasteiger partial charge on any atom is -0.396 e. The van der Waals surface area contributed by atoms with Crippen molar-refractivity contribution in [3.8, 4) is 0 Å². The Morgan fingerprint density at radius 3 is 2.75 bits per heavy atom. The van der Waals surface area contributed by atoms with Crippen LogP contribution in [-0.2, 0) is 0 Å². The summed E-state index contributed by atoms with van der Waals surface area (Å²) in [6.07, 6.45) is 3.31. The Morgan fingerprint density at radius 2 is 2.10 bits per heavy atom. The number of hydrogen-bond acceptors (Lipinski definition) is 3. The minimum atomic E-state index is 0.318. The molecule has 1 fully saturated rings. The number of aliphatic hydroxyl groups excluding tert-OH is 1. The van der Waals surface area contributed by atoms with Gasteiger partial charge < -0.3 is 15.3 Å². The molecule has 0 radical (unpaired) electrons. The summed E-state index contributed by atoms with van der Waals surface area (Å²) in [5, 5.41) is 12.5. The highest BCUT2D eigenvalue weighted by molar-refractivity contribution is 5.48. The first-order valence-corrected chi connectivity index (χ1v) is 7.93. The SMILES string of the molecule is CCCNC(C)c1ccc(N2CCC(CCO)C2)cc1. The monoisotopic (exact) mass is 276 g/mol. The Morgan fingerprint density at radius 1 is 1.35 bits per heavy atom. The van der Waals surface area contributed by atoms with E-state index in [9.17, 15) is 0 Å². The van der Waals surface area contributed by atoms with Gasteiger partial charge in [0.15, 0.2) is 0 Å². The summed E-state index contributed by atoms with van der Waals surface area (Å²) >= 11 is 0. The lowest BCUT2D eigenvalue weighted by Crippen LogP contribution is -2.21. The van der Waals surface area contributed by atoms with E-state index in [4.69, 9.17) is 5.11 Å². The van der Waals surface area contributed by atoms with Gasteiger partial charge in [-0.15, -0.1) is 0 Å². The molecule has 3 heteroatoms. The molecule has 0 saturated carbocycles. The molecule has 2 unspecified atom stereocenters. The molecule has 1 heterocycles. The lowest BCUT2D eigenvalue weighted by atomic mass is 10.1. The van der Waals surface area contributed by atoms with E-state index in [0.29, 0.717) is 18.6 Å². The zero-order valence-corrected chi connectivity index (χ0v) is 12.8. The van der Waals surface area contributed by atoms with Crippen molar-refractivity contribution in [2.45, 2.75) is 39.2 Å². The maximum absolute atomic E-state index is 9.03. The second kappa shape index (κ2) is 7.65. The predicted molar refractivity (Wildman–Crippen MR) is 85.2 cm³/mol. The molecule has 1 aromatic carbocycles. The molecule has 0 bridgehead atoms. The van der Waals surface area contributed by atoms with Crippen LogP contribution >= 0.6 is 0 Å². The predicted octanol–water partition coefficient (Wildman–Crippen LogP) is 2.96. The highest BCUT2D eigenvalue weighted by Crippen LogP contribution is 2.26. The van der Waals surface area contributed by atoms with E-state index in [2.05, 4.69) is 48.3 Å². The van der Waals surface area contributed by atoms with Gasteiger partial charge in [0.1, 0.15) is 0 Å². The fourth-order valence-corrected chi connectivity index (χ4v) is 2.94. The van der Waals surface area contributed by atoms with Gasteiger partial charge in [-0.3, -0.25) is 0 Å². The summed E-state index contributed by atoms with van der Waals surface area (Å²) in [6.45, 7) is 8.00. The van der Waals surface area contributed by atoms with Gasteiger partial charge in [0, 0.05) is 31.4 Å². The van der Waals surface area contributed by atoms with Gasteiger partial charge in [0.05, 0.1) is 0 Å². The number of nitrogens with zero attached hydrogens (tertiary/aromatic N) is 1. The largest absolute Gasteiger partial charge is 0.396 e. The van der Waals surface area contributed by atoms with E-state index in [0.717, 1.165) is 26.1 Å². The number of hydrogen-bond donors (Lipinski definition) is 2. The summed E-state index contributed by atoms with van der Waals surface area (Å²) in [5.74, 6) is 0.657. The molecule has 0 amide bonds. The molecule has 1 aliphatic heterocycles. The van der Waals surface area contributed by atoms with Crippen molar-refractivity contribution in [2.24, 2.45) is 5.92 Å². The molecule has 112 valence electrons. The van der Waals surface area contributed by atoms with Crippen LogP contribution in [0.5, 0.6) is 0 Å². The van der Waals surface area contributed by atoms with Crippen molar-refractivity contribution >= 4 is 5.69 Å². The molecule has 0 aromatic heterocycles. The maximum Gasteiger partial charge on any atom is 0.0434 e. The van der Waals surface area contributed by atoms with Gasteiger partial charge in [-0.1, -0.05) is 19.1 Å². The maximum atomic E-state index is 9.03. The molecule has 1 aromatic rings. The number of rotatable bonds is 7. The molecule has 0 aliphatic carbocycles. The smallest absolute Gasteiger partial charge is 0.0434 e. The van der Waals surface area contributed by atoms with Crippen molar-refractivity contribution in [3.63, 3.8) is 0 Å². The molecule has 1 saturated heterocycles. The third-order valence-corrected chi connectivity index (χ3v) is 4.28. The standard InChI is InChI=1S/C17H28N2O/c1-3-10-18-14(2)16-4-6-17(7-5-16)19-11-8-15(13-19)9-12-20/h4-7,14-15,18,20H,3,8-13H2,1-2H3. The number of anilines is 1. The van der Waals surface area contributed by atoms with Crippen molar-refractivity contribution in [2.75, 3.05) is 31.1 Å². The third-order valence-electron chi connectivity index (χ3n) is 4.28. The zero-order valence-electron chi connectivity index (χ0n) is 12.8. The van der Waals surface area contributed by atoms with Crippen molar-refractivity contribution < 1.29 is 5.11 Å². The second-order valence-electron chi connectivity index (χ2n) is 5.88. The van der Waals surface area contributed by atoms with Crippen LogP contribution in [0.4, 0.5) is 5.69 Å². The van der Waals surface area contributed by atoms with Crippen LogP contribution in [0.1, 0.15) is 44.7 Å². The van der Waals surface area contributed by atoms with Crippen LogP contribution in [0.3, 0.4) is 0 Å². The fourth-order valence-electron chi connectivity index (χ4n) is 2.94. The van der Waals surface area contributed by atoms with Crippen LogP contribution in [-0.4, -0.2) is 31.3 Å². The average molecular weight is 276 g/mol. The Hall–Kier alpha value is -1.06. The summed E-state index contributed by atoms with van der Waals surface area (Å²) in [6, 6.07) is 9.37. The van der Waals surface area contributed by atoms with Gasteiger partial charge in [-0.05, 0) is 56.3 Å². The quantitative estimate of drug-likeness (QED) is 0.804. The Bertz CT molecular complexity index is 390. The van der Waals surface area contributed by atoms with E-state index in [1.807, 2.05) is 0 Å². The normalized spacial score (nSPS) is 20.4. The van der Waals surface area contributed by atoms with Crippen molar-refractivity contribution in [1.29, 1.82) is 0 Å². The van der Waals surface area contributed by atoms with Gasteiger partial charge in [-0.25, -0.2) is 0 Å². The van der Waals surface area contributed by atoms with E-state index >= 15 is 0 Å². The first-order valence-electron chi connectivity index (χ1n) is 7.93. The first-order chi connectivity index (χ1) is 9.74. The first kappa shape index (κ1) is 15.3. The van der Waals surface area contributed by atoms with E-state index in [1.54, 1.807) is 0 Å². The summed E-state index contributed by atoms with van der Waals surface area (Å²) in [4.78, 5) is 2.44. The molecule has 2 N–H and O–H groups in total. The molecule has 20 heavy (non-hydrogen) atoms. The van der Waals surface area contributed by atoms with Gasteiger partial charge in [0.2, 0.25) is 0 Å². The van der Waals surface area contributed by atoms with Crippen molar-refractivity contribution in [1.82, 2.24) is 5.32 Å². The number of benzene rings is 1. The van der Waals surface area contributed by atoms with Crippen LogP contribution in [0.25, 0.3) is 0 Å². The lowest BCUT2D eigenvalue weighted by molar-refractivity contribution is 0.263. The van der Waals surface area contributed by atoms with Gasteiger partial charge in [0.25, 0.3) is 0 Å². The molecule has 0 spiro atoms. The fraction of sp³-hybridized carbons (Fsp3) is 0.647. The lowest BCUT2D eigenvalue weighted by Gasteiger charge is -2.20. The van der Waals surface area contributed by atoms with Crippen LogP contribution in [0.2, 0.25) is 0 Å². The molecule has 2 atom stereocenters. The zero-order chi connectivity index (χ0) is 14.4. The highest BCUT2D eigenvalue weighted by Gasteiger charge is 2.22. The summed E-state index contributed by atoms with van der Waals surface area (Å²) in [7, 11) is 0. The van der Waals surface area contributed by atoms with Crippen LogP contribution in [0.15, 0.2) is 24.3 Å². The average Bonchev–Trinajstić information content (AvgIpc) is 2.94. The Kier molecular flexibility index (Phi) is 5.86. The molecule has 1 aliphatic rings. The number of aliphatic hydroxyl groups is 1. The third kappa shape index (κ3) is 3.97. The molecular weight excluding hydrogens is 248 g/mol. The number of nitrogens with one attached hydrogen (secondary N) is 1. The van der Waals surface area contributed by atoms with Crippen molar-refractivity contribution in [3.05, 3.63) is 29.8 Å². The second-order valence-corrected chi connectivity index (χ2v) is 5.88. The van der Waals surface area contributed by atoms with Gasteiger partial charge >= 0.3 is 0 Å². The Labute approximate surface area is 123 Å². The highest BCUT2D eigenvalue weighted by atomic mass is 16.3. The summed E-state index contributed by atoms with van der Waals surface area (Å²) in [5.41, 5.74) is 2.67. The minimum absolute atomic E-state index is 0.318.